The van der Waals surface area contributed by atoms with E-state index in [1.807, 2.05) is 17.0 Å². The van der Waals surface area contributed by atoms with Crippen molar-refractivity contribution in [1.82, 2.24) is 19.9 Å². The van der Waals surface area contributed by atoms with Gasteiger partial charge in [0.2, 0.25) is 5.95 Å². The maximum atomic E-state index is 13.5. The largest absolute Gasteiger partial charge is 0.357 e. The summed E-state index contributed by atoms with van der Waals surface area (Å²) < 4.78 is 0. The SMILES string of the molecule is CNc1ncc(-c2cc(C(=O)N3CCCCCC3)c3c(C)cc(C)cc3n2)cn1. The molecule has 3 aromatic rings. The Morgan fingerprint density at radius 2 is 1.69 bits per heavy atom. The molecule has 2 aromatic heterocycles. The number of carbonyl (C=O) groups is 1. The number of aromatic nitrogens is 3. The van der Waals surface area contributed by atoms with E-state index >= 15 is 0 Å². The van der Waals surface area contributed by atoms with Crippen molar-refractivity contribution >= 4 is 22.8 Å². The van der Waals surface area contributed by atoms with Crippen LogP contribution < -0.4 is 5.32 Å². The zero-order valence-electron chi connectivity index (χ0n) is 17.3. The highest BCUT2D eigenvalue weighted by Gasteiger charge is 2.22. The molecule has 3 heterocycles. The maximum Gasteiger partial charge on any atom is 0.254 e. The standard InChI is InChI=1S/C23H27N5O/c1-15-10-16(2)21-18(22(29)28-8-6-4-5-7-9-28)12-19(27-20(21)11-15)17-13-25-23(24-3)26-14-17/h10-14H,4-9H2,1-3H3,(H,24,25,26). The fraction of sp³-hybridized carbons (Fsp3) is 0.391. The minimum absolute atomic E-state index is 0.0975. The van der Waals surface area contributed by atoms with Crippen LogP contribution in [0.15, 0.2) is 30.6 Å². The summed E-state index contributed by atoms with van der Waals surface area (Å²) in [5, 5.41) is 3.87. The first-order valence-electron chi connectivity index (χ1n) is 10.3. The Morgan fingerprint density at radius 1 is 1.00 bits per heavy atom. The molecule has 0 radical (unpaired) electrons. The van der Waals surface area contributed by atoms with Crippen molar-refractivity contribution in [2.75, 3.05) is 25.5 Å². The lowest BCUT2D eigenvalue weighted by atomic mass is 9.98. The number of aryl methyl sites for hydroxylation is 2. The van der Waals surface area contributed by atoms with Gasteiger partial charge >= 0.3 is 0 Å². The predicted molar refractivity (Wildman–Crippen MR) is 116 cm³/mol. The van der Waals surface area contributed by atoms with Crippen molar-refractivity contribution in [1.29, 1.82) is 0 Å². The Balaban J connectivity index is 1.87. The highest BCUT2D eigenvalue weighted by atomic mass is 16.2. The highest BCUT2D eigenvalue weighted by molar-refractivity contribution is 6.08. The van der Waals surface area contributed by atoms with E-state index in [4.69, 9.17) is 4.98 Å². The Kier molecular flexibility index (Phi) is 5.43. The molecule has 29 heavy (non-hydrogen) atoms. The van der Waals surface area contributed by atoms with Gasteiger partial charge < -0.3 is 10.2 Å². The minimum Gasteiger partial charge on any atom is -0.357 e. The monoisotopic (exact) mass is 389 g/mol. The molecule has 1 aliphatic rings. The van der Waals surface area contributed by atoms with Gasteiger partial charge in [-0.2, -0.15) is 0 Å². The molecule has 0 saturated carbocycles. The third kappa shape index (κ3) is 3.92. The predicted octanol–water partition coefficient (Wildman–Crippen LogP) is 4.37. The lowest BCUT2D eigenvalue weighted by Gasteiger charge is -2.22. The molecule has 1 fully saturated rings. The summed E-state index contributed by atoms with van der Waals surface area (Å²) in [4.78, 5) is 29.0. The smallest absolute Gasteiger partial charge is 0.254 e. The second-order valence-corrected chi connectivity index (χ2v) is 7.78. The summed E-state index contributed by atoms with van der Waals surface area (Å²) in [5.74, 6) is 0.655. The summed E-state index contributed by atoms with van der Waals surface area (Å²) in [5.41, 5.74) is 5.31. The number of carbonyl (C=O) groups excluding carboxylic acids is 1. The number of fused-ring (bicyclic) bond motifs is 1. The fourth-order valence-corrected chi connectivity index (χ4v) is 4.10. The quantitative estimate of drug-likeness (QED) is 0.720. The molecular formula is C23H27N5O. The van der Waals surface area contributed by atoms with E-state index < -0.39 is 0 Å². The van der Waals surface area contributed by atoms with Crippen LogP contribution >= 0.6 is 0 Å². The van der Waals surface area contributed by atoms with Crippen LogP contribution in [0.2, 0.25) is 0 Å². The number of nitrogens with one attached hydrogen (secondary N) is 1. The number of likely N-dealkylation sites (tertiary alicyclic amines) is 1. The number of hydrogen-bond acceptors (Lipinski definition) is 5. The molecule has 150 valence electrons. The van der Waals surface area contributed by atoms with Crippen molar-refractivity contribution in [2.24, 2.45) is 0 Å². The van der Waals surface area contributed by atoms with Gasteiger partial charge in [-0.25, -0.2) is 15.0 Å². The van der Waals surface area contributed by atoms with E-state index in [1.54, 1.807) is 19.4 Å². The normalized spacial score (nSPS) is 14.7. The van der Waals surface area contributed by atoms with Crippen LogP contribution in [0.3, 0.4) is 0 Å². The number of rotatable bonds is 3. The van der Waals surface area contributed by atoms with Gasteiger partial charge in [-0.15, -0.1) is 0 Å². The molecule has 1 amide bonds. The van der Waals surface area contributed by atoms with E-state index in [9.17, 15) is 4.79 Å². The lowest BCUT2D eigenvalue weighted by molar-refractivity contribution is 0.0763. The second-order valence-electron chi connectivity index (χ2n) is 7.78. The second kappa shape index (κ2) is 8.15. The first kappa shape index (κ1) is 19.3. The van der Waals surface area contributed by atoms with Crippen LogP contribution in [0.1, 0.15) is 47.2 Å². The third-order valence-electron chi connectivity index (χ3n) is 5.55. The summed E-state index contributed by atoms with van der Waals surface area (Å²) in [6.45, 7) is 5.76. The molecule has 0 spiro atoms. The van der Waals surface area contributed by atoms with Crippen molar-refractivity contribution in [3.05, 3.63) is 47.3 Å². The van der Waals surface area contributed by atoms with Gasteiger partial charge in [0, 0.05) is 43.5 Å². The fourth-order valence-electron chi connectivity index (χ4n) is 4.10. The summed E-state index contributed by atoms with van der Waals surface area (Å²) >= 11 is 0. The number of amides is 1. The van der Waals surface area contributed by atoms with Crippen LogP contribution in [-0.2, 0) is 0 Å². The molecule has 0 aliphatic carbocycles. The number of hydrogen-bond donors (Lipinski definition) is 1. The summed E-state index contributed by atoms with van der Waals surface area (Å²) in [6.07, 6.45) is 8.02. The van der Waals surface area contributed by atoms with Crippen molar-refractivity contribution < 1.29 is 4.79 Å². The number of benzene rings is 1. The first-order valence-corrected chi connectivity index (χ1v) is 10.3. The number of nitrogens with zero attached hydrogens (tertiary/aromatic N) is 4. The molecular weight excluding hydrogens is 362 g/mol. The molecule has 1 aromatic carbocycles. The van der Waals surface area contributed by atoms with Gasteiger partial charge in [0.15, 0.2) is 0 Å². The van der Waals surface area contributed by atoms with Gasteiger partial charge in [0.1, 0.15) is 0 Å². The van der Waals surface area contributed by atoms with E-state index in [1.165, 1.54) is 12.8 Å². The number of pyridine rings is 1. The topological polar surface area (TPSA) is 71.0 Å². The zero-order valence-corrected chi connectivity index (χ0v) is 17.3. The third-order valence-corrected chi connectivity index (χ3v) is 5.55. The van der Waals surface area contributed by atoms with E-state index in [0.717, 1.165) is 64.8 Å². The highest BCUT2D eigenvalue weighted by Crippen LogP contribution is 2.29. The zero-order chi connectivity index (χ0) is 20.4. The number of anilines is 1. The van der Waals surface area contributed by atoms with Gasteiger partial charge in [0.05, 0.1) is 16.8 Å². The van der Waals surface area contributed by atoms with Crippen LogP contribution in [0.5, 0.6) is 0 Å². The first-order chi connectivity index (χ1) is 14.1. The van der Waals surface area contributed by atoms with E-state index in [0.29, 0.717) is 5.95 Å². The van der Waals surface area contributed by atoms with E-state index in [-0.39, 0.29) is 5.91 Å². The van der Waals surface area contributed by atoms with Crippen molar-refractivity contribution in [2.45, 2.75) is 39.5 Å². The van der Waals surface area contributed by atoms with Gasteiger partial charge in [0.25, 0.3) is 5.91 Å². The van der Waals surface area contributed by atoms with Gasteiger partial charge in [-0.3, -0.25) is 4.79 Å². The van der Waals surface area contributed by atoms with Crippen LogP contribution in [0.4, 0.5) is 5.95 Å². The minimum atomic E-state index is 0.0975. The Morgan fingerprint density at radius 3 is 2.34 bits per heavy atom. The van der Waals surface area contributed by atoms with E-state index in [2.05, 4.69) is 35.2 Å². The van der Waals surface area contributed by atoms with Gasteiger partial charge in [-0.1, -0.05) is 18.9 Å². The molecule has 0 atom stereocenters. The summed E-state index contributed by atoms with van der Waals surface area (Å²) in [7, 11) is 1.78. The molecule has 6 nitrogen and oxygen atoms in total. The Bertz CT molecular complexity index is 1040. The van der Waals surface area contributed by atoms with Crippen LogP contribution in [0.25, 0.3) is 22.2 Å². The lowest BCUT2D eigenvalue weighted by Crippen LogP contribution is -2.32. The molecule has 4 rings (SSSR count). The van der Waals surface area contributed by atoms with Crippen molar-refractivity contribution in [3.8, 4) is 11.3 Å². The molecule has 0 unspecified atom stereocenters. The van der Waals surface area contributed by atoms with Crippen LogP contribution in [0, 0.1) is 13.8 Å². The molecule has 1 N–H and O–H groups in total. The summed E-state index contributed by atoms with van der Waals surface area (Å²) in [6, 6.07) is 6.08. The average molecular weight is 390 g/mol. The maximum absolute atomic E-state index is 13.5. The van der Waals surface area contributed by atoms with Crippen LogP contribution in [-0.4, -0.2) is 45.9 Å². The molecule has 1 saturated heterocycles. The average Bonchev–Trinajstić information content (AvgIpc) is 3.01. The van der Waals surface area contributed by atoms with Crippen molar-refractivity contribution in [3.63, 3.8) is 0 Å². The molecule has 6 heteroatoms. The van der Waals surface area contributed by atoms with Gasteiger partial charge in [-0.05, 0) is 49.9 Å². The Hall–Kier alpha value is -3.02. The molecule has 0 bridgehead atoms. The Labute approximate surface area is 171 Å². The molecule has 1 aliphatic heterocycles.